The van der Waals surface area contributed by atoms with Crippen LogP contribution in [0.4, 0.5) is 15.8 Å². The van der Waals surface area contributed by atoms with Gasteiger partial charge in [0, 0.05) is 23.8 Å². The van der Waals surface area contributed by atoms with Crippen LogP contribution in [0.15, 0.2) is 46.9 Å². The van der Waals surface area contributed by atoms with E-state index in [0.717, 1.165) is 22.4 Å². The van der Waals surface area contributed by atoms with Crippen LogP contribution in [-0.2, 0) is 6.54 Å². The molecule has 0 spiro atoms. The van der Waals surface area contributed by atoms with Gasteiger partial charge in [0.2, 0.25) is 0 Å². The third kappa shape index (κ3) is 3.33. The highest BCUT2D eigenvalue weighted by molar-refractivity contribution is 9.10. The third-order valence-corrected chi connectivity index (χ3v) is 3.60. The lowest BCUT2D eigenvalue weighted by molar-refractivity contribution is 0.628. The lowest BCUT2D eigenvalue weighted by Gasteiger charge is -2.21. The van der Waals surface area contributed by atoms with E-state index in [9.17, 15) is 4.39 Å². The van der Waals surface area contributed by atoms with Gasteiger partial charge in [0.25, 0.3) is 0 Å². The maximum atomic E-state index is 12.9. The van der Waals surface area contributed by atoms with E-state index in [1.807, 2.05) is 19.0 Å². The molecule has 100 valence electrons. The molecule has 0 fully saturated rings. The van der Waals surface area contributed by atoms with E-state index in [0.29, 0.717) is 0 Å². The fraction of sp³-hybridized carbons (Fsp3) is 0.200. The predicted molar refractivity (Wildman–Crippen MR) is 81.4 cm³/mol. The maximum absolute atomic E-state index is 12.9. The van der Waals surface area contributed by atoms with Gasteiger partial charge in [-0.25, -0.2) is 4.39 Å². The molecule has 2 nitrogen and oxygen atoms in total. The fourth-order valence-corrected chi connectivity index (χ4v) is 2.63. The van der Waals surface area contributed by atoms with Crippen molar-refractivity contribution in [2.45, 2.75) is 6.54 Å². The molecule has 2 aromatic rings. The van der Waals surface area contributed by atoms with Gasteiger partial charge in [-0.2, -0.15) is 0 Å². The number of anilines is 2. The number of nitrogens with one attached hydrogen (secondary N) is 1. The molecule has 2 rings (SSSR count). The summed E-state index contributed by atoms with van der Waals surface area (Å²) in [6.07, 6.45) is 0. The van der Waals surface area contributed by atoms with Crippen LogP contribution in [0, 0.1) is 5.82 Å². The van der Waals surface area contributed by atoms with Crippen molar-refractivity contribution >= 4 is 27.3 Å². The first-order valence-electron chi connectivity index (χ1n) is 6.04. The highest BCUT2D eigenvalue weighted by Gasteiger charge is 2.08. The molecule has 0 saturated carbocycles. The molecule has 0 atom stereocenters. The molecule has 0 unspecified atom stereocenters. The van der Waals surface area contributed by atoms with Gasteiger partial charge in [-0.05, 0) is 64.9 Å². The Kier molecular flexibility index (Phi) is 4.56. The van der Waals surface area contributed by atoms with Gasteiger partial charge in [0.1, 0.15) is 5.82 Å². The molecule has 19 heavy (non-hydrogen) atoms. The van der Waals surface area contributed by atoms with E-state index in [-0.39, 0.29) is 5.82 Å². The molecule has 0 aliphatic carbocycles. The van der Waals surface area contributed by atoms with Crippen molar-refractivity contribution in [2.24, 2.45) is 0 Å². The maximum Gasteiger partial charge on any atom is 0.123 e. The number of benzene rings is 2. The Morgan fingerprint density at radius 3 is 2.42 bits per heavy atom. The zero-order chi connectivity index (χ0) is 13.8. The van der Waals surface area contributed by atoms with Gasteiger partial charge in [-0.3, -0.25) is 0 Å². The summed E-state index contributed by atoms with van der Waals surface area (Å²) in [5.74, 6) is -0.222. The van der Waals surface area contributed by atoms with Crippen molar-refractivity contribution in [3.05, 3.63) is 58.3 Å². The molecule has 0 aliphatic rings. The normalized spacial score (nSPS) is 10.5. The Bertz CT molecular complexity index is 555. The Morgan fingerprint density at radius 1 is 1.16 bits per heavy atom. The molecule has 4 heteroatoms. The smallest absolute Gasteiger partial charge is 0.123 e. The number of halogens is 2. The Hall–Kier alpha value is -1.39. The summed E-state index contributed by atoms with van der Waals surface area (Å²) >= 11 is 3.59. The molecule has 1 N–H and O–H groups in total. The standard InChI is InChI=1S/C15H16BrFN2/c1-18-10-11-3-8-15(14(16)9-11)19(2)13-6-4-12(17)5-7-13/h3-9,18H,10H2,1-2H3. The van der Waals surface area contributed by atoms with Crippen LogP contribution >= 0.6 is 15.9 Å². The first kappa shape index (κ1) is 14.0. The lowest BCUT2D eigenvalue weighted by Crippen LogP contribution is -2.11. The highest BCUT2D eigenvalue weighted by Crippen LogP contribution is 2.31. The summed E-state index contributed by atoms with van der Waals surface area (Å²) < 4.78 is 14.0. The second-order valence-electron chi connectivity index (χ2n) is 4.35. The molecule has 0 amide bonds. The lowest BCUT2D eigenvalue weighted by atomic mass is 10.2. The second-order valence-corrected chi connectivity index (χ2v) is 5.21. The van der Waals surface area contributed by atoms with Crippen molar-refractivity contribution < 1.29 is 4.39 Å². The average molecular weight is 323 g/mol. The van der Waals surface area contributed by atoms with E-state index in [1.165, 1.54) is 17.7 Å². The zero-order valence-electron chi connectivity index (χ0n) is 11.0. The molecule has 0 aromatic heterocycles. The van der Waals surface area contributed by atoms with E-state index in [1.54, 1.807) is 12.1 Å². The number of nitrogens with zero attached hydrogens (tertiary/aromatic N) is 1. The van der Waals surface area contributed by atoms with Crippen LogP contribution in [-0.4, -0.2) is 14.1 Å². The summed E-state index contributed by atoms with van der Waals surface area (Å²) in [5.41, 5.74) is 3.21. The van der Waals surface area contributed by atoms with E-state index in [2.05, 4.69) is 39.4 Å². The highest BCUT2D eigenvalue weighted by atomic mass is 79.9. The van der Waals surface area contributed by atoms with Crippen molar-refractivity contribution in [1.82, 2.24) is 5.32 Å². The largest absolute Gasteiger partial charge is 0.344 e. The van der Waals surface area contributed by atoms with Crippen molar-refractivity contribution in [1.29, 1.82) is 0 Å². The predicted octanol–water partition coefficient (Wildman–Crippen LogP) is 4.08. The first-order chi connectivity index (χ1) is 9.11. The summed E-state index contributed by atoms with van der Waals surface area (Å²) in [5, 5.41) is 3.12. The summed E-state index contributed by atoms with van der Waals surface area (Å²) in [6, 6.07) is 12.7. The minimum atomic E-state index is -0.222. The molecule has 0 bridgehead atoms. The quantitative estimate of drug-likeness (QED) is 0.912. The average Bonchev–Trinajstić information content (AvgIpc) is 2.39. The topological polar surface area (TPSA) is 15.3 Å². The van der Waals surface area contributed by atoms with Crippen LogP contribution in [0.1, 0.15) is 5.56 Å². The zero-order valence-corrected chi connectivity index (χ0v) is 12.5. The van der Waals surface area contributed by atoms with Gasteiger partial charge in [-0.15, -0.1) is 0 Å². The van der Waals surface area contributed by atoms with E-state index in [4.69, 9.17) is 0 Å². The van der Waals surface area contributed by atoms with E-state index >= 15 is 0 Å². The summed E-state index contributed by atoms with van der Waals surface area (Å²) in [7, 11) is 3.89. The van der Waals surface area contributed by atoms with Crippen LogP contribution in [0.2, 0.25) is 0 Å². The van der Waals surface area contributed by atoms with Crippen LogP contribution < -0.4 is 10.2 Å². The third-order valence-electron chi connectivity index (χ3n) is 2.97. The minimum Gasteiger partial charge on any atom is -0.344 e. The summed E-state index contributed by atoms with van der Waals surface area (Å²) in [6.45, 7) is 0.832. The van der Waals surface area contributed by atoms with Crippen molar-refractivity contribution in [3.8, 4) is 0 Å². The fourth-order valence-electron chi connectivity index (χ4n) is 1.94. The molecule has 0 aliphatic heterocycles. The van der Waals surface area contributed by atoms with Crippen molar-refractivity contribution in [3.63, 3.8) is 0 Å². The number of hydrogen-bond donors (Lipinski definition) is 1. The van der Waals surface area contributed by atoms with Gasteiger partial charge < -0.3 is 10.2 Å². The molecular formula is C15H16BrFN2. The first-order valence-corrected chi connectivity index (χ1v) is 6.83. The van der Waals surface area contributed by atoms with Crippen LogP contribution in [0.25, 0.3) is 0 Å². The molecule has 2 aromatic carbocycles. The monoisotopic (exact) mass is 322 g/mol. The Morgan fingerprint density at radius 2 is 1.84 bits per heavy atom. The van der Waals surface area contributed by atoms with Gasteiger partial charge in [0.15, 0.2) is 0 Å². The summed E-state index contributed by atoms with van der Waals surface area (Å²) in [4.78, 5) is 2.02. The number of hydrogen-bond acceptors (Lipinski definition) is 2. The van der Waals surface area contributed by atoms with Gasteiger partial charge in [0.05, 0.1) is 5.69 Å². The van der Waals surface area contributed by atoms with Gasteiger partial charge >= 0.3 is 0 Å². The van der Waals surface area contributed by atoms with Gasteiger partial charge in [-0.1, -0.05) is 6.07 Å². The van der Waals surface area contributed by atoms with Crippen molar-refractivity contribution in [2.75, 3.05) is 19.0 Å². The Labute approximate surface area is 121 Å². The number of rotatable bonds is 4. The SMILES string of the molecule is CNCc1ccc(N(C)c2ccc(F)cc2)c(Br)c1. The molecular weight excluding hydrogens is 307 g/mol. The Balaban J connectivity index is 2.28. The minimum absolute atomic E-state index is 0.222. The molecule has 0 radical (unpaired) electrons. The van der Waals surface area contributed by atoms with Crippen LogP contribution in [0.5, 0.6) is 0 Å². The second kappa shape index (κ2) is 6.17. The van der Waals surface area contributed by atoms with E-state index < -0.39 is 0 Å². The van der Waals surface area contributed by atoms with Crippen LogP contribution in [0.3, 0.4) is 0 Å². The molecule has 0 heterocycles. The molecule has 0 saturated heterocycles.